The molecule has 0 spiro atoms. The zero-order chi connectivity index (χ0) is 22.4. The lowest BCUT2D eigenvalue weighted by atomic mass is 10.1. The predicted molar refractivity (Wildman–Crippen MR) is 123 cm³/mol. The molecular weight excluding hydrogens is 433 g/mol. The maximum absolute atomic E-state index is 14.4. The van der Waals surface area contributed by atoms with E-state index in [2.05, 4.69) is 30.2 Å². The van der Waals surface area contributed by atoms with Crippen LogP contribution in [0.15, 0.2) is 42.7 Å². The maximum Gasteiger partial charge on any atom is 0.324 e. The highest BCUT2D eigenvalue weighted by Gasteiger charge is 2.19. The van der Waals surface area contributed by atoms with Crippen LogP contribution in [-0.2, 0) is 0 Å². The van der Waals surface area contributed by atoms with Crippen molar-refractivity contribution in [1.29, 1.82) is 0 Å². The Hall–Kier alpha value is -3.98. The highest BCUT2D eigenvalue weighted by atomic mass is 35.5. The van der Waals surface area contributed by atoms with Gasteiger partial charge < -0.3 is 20.8 Å². The maximum atomic E-state index is 14.4. The van der Waals surface area contributed by atoms with Crippen LogP contribution in [0.3, 0.4) is 0 Å². The van der Waals surface area contributed by atoms with Crippen LogP contribution < -0.4 is 15.8 Å². The van der Waals surface area contributed by atoms with E-state index in [9.17, 15) is 4.39 Å². The van der Waals surface area contributed by atoms with Crippen molar-refractivity contribution in [3.05, 3.63) is 59.4 Å². The molecule has 3 heterocycles. The lowest BCUT2D eigenvalue weighted by Gasteiger charge is -2.09. The van der Waals surface area contributed by atoms with Gasteiger partial charge in [0.05, 0.1) is 45.4 Å². The first-order valence-corrected chi connectivity index (χ1v) is 10.0. The molecule has 0 unspecified atom stereocenters. The Morgan fingerprint density at radius 1 is 1.12 bits per heavy atom. The molecule has 0 bridgehead atoms. The minimum Gasteiger partial charge on any atom is -0.421 e. The number of aryl methyl sites for hydroxylation is 1. The number of H-pyrrole nitrogens is 1. The molecular formula is C22H17ClFN7O. The fourth-order valence-electron chi connectivity index (χ4n) is 3.52. The first-order chi connectivity index (χ1) is 15.4. The van der Waals surface area contributed by atoms with Gasteiger partial charge in [-0.25, -0.2) is 14.4 Å². The number of benzene rings is 2. The molecule has 0 atom stereocenters. The van der Waals surface area contributed by atoms with Crippen LogP contribution in [0.4, 0.5) is 15.8 Å². The molecule has 0 saturated heterocycles. The number of halogens is 2. The molecule has 2 aromatic carbocycles. The van der Waals surface area contributed by atoms with E-state index in [-0.39, 0.29) is 11.8 Å². The molecule has 0 aliphatic heterocycles. The lowest BCUT2D eigenvalue weighted by Crippen LogP contribution is -1.97. The summed E-state index contributed by atoms with van der Waals surface area (Å²) in [4.78, 5) is 20.6. The van der Waals surface area contributed by atoms with Gasteiger partial charge in [-0.3, -0.25) is 0 Å². The molecule has 5 rings (SSSR count). The minimum atomic E-state index is -0.388. The summed E-state index contributed by atoms with van der Waals surface area (Å²) in [5, 5.41) is 4.68. The Morgan fingerprint density at radius 2 is 1.91 bits per heavy atom. The van der Waals surface area contributed by atoms with Crippen LogP contribution >= 0.6 is 11.6 Å². The molecule has 160 valence electrons. The van der Waals surface area contributed by atoms with E-state index < -0.39 is 0 Å². The Labute approximate surface area is 186 Å². The van der Waals surface area contributed by atoms with Gasteiger partial charge in [-0.2, -0.15) is 9.97 Å². The number of ether oxygens (including phenoxy) is 1. The number of hydrogen-bond donors (Lipinski definition) is 3. The third-order valence-corrected chi connectivity index (χ3v) is 5.35. The van der Waals surface area contributed by atoms with E-state index >= 15 is 0 Å². The Bertz CT molecular complexity index is 1480. The average molecular weight is 450 g/mol. The standard InChI is InChI=1S/C22H17ClFN7O/c1-10-27-8-13(9-28-10)32-22-30-19(11-3-4-15(23)16(25)5-11)18-14-6-12(24)7-17(26-2)20(14)29-21(18)31-22/h3-9,26H,25H2,1-2H3,(H,29,30,31). The summed E-state index contributed by atoms with van der Waals surface area (Å²) in [6.45, 7) is 1.78. The second kappa shape index (κ2) is 7.61. The summed E-state index contributed by atoms with van der Waals surface area (Å²) in [7, 11) is 1.72. The topological polar surface area (TPSA) is 115 Å². The SMILES string of the molecule is CNc1cc(F)cc2c1[nH]c1nc(Oc3cnc(C)nc3)nc(-c3ccc(Cl)c(N)c3)c12. The van der Waals surface area contributed by atoms with E-state index in [0.717, 1.165) is 0 Å². The van der Waals surface area contributed by atoms with Gasteiger partial charge in [-0.05, 0) is 31.2 Å². The number of fused-ring (bicyclic) bond motifs is 3. The van der Waals surface area contributed by atoms with Crippen molar-refractivity contribution >= 4 is 44.9 Å². The molecule has 0 aliphatic carbocycles. The molecule has 3 aromatic heterocycles. The molecule has 5 aromatic rings. The van der Waals surface area contributed by atoms with Crippen molar-refractivity contribution in [3.63, 3.8) is 0 Å². The van der Waals surface area contributed by atoms with Crippen LogP contribution in [0, 0.1) is 12.7 Å². The molecule has 8 nitrogen and oxygen atoms in total. The summed E-state index contributed by atoms with van der Waals surface area (Å²) in [5.41, 5.74) is 9.38. The zero-order valence-electron chi connectivity index (χ0n) is 17.1. The molecule has 10 heteroatoms. The van der Waals surface area contributed by atoms with Gasteiger partial charge in [-0.1, -0.05) is 17.7 Å². The number of nitrogens with two attached hydrogens (primary N) is 1. The number of aromatic nitrogens is 5. The normalized spacial score (nSPS) is 11.2. The lowest BCUT2D eigenvalue weighted by molar-refractivity contribution is 0.440. The largest absolute Gasteiger partial charge is 0.421 e. The highest BCUT2D eigenvalue weighted by Crippen LogP contribution is 2.38. The first-order valence-electron chi connectivity index (χ1n) is 9.65. The summed E-state index contributed by atoms with van der Waals surface area (Å²) >= 11 is 6.11. The van der Waals surface area contributed by atoms with Crippen LogP contribution in [0.1, 0.15) is 5.82 Å². The fraction of sp³-hybridized carbons (Fsp3) is 0.0909. The molecule has 0 aliphatic rings. The molecule has 0 radical (unpaired) electrons. The summed E-state index contributed by atoms with van der Waals surface area (Å²) in [6.07, 6.45) is 3.07. The number of aromatic amines is 1. The molecule has 0 amide bonds. The third kappa shape index (κ3) is 3.42. The van der Waals surface area contributed by atoms with Crippen molar-refractivity contribution in [2.45, 2.75) is 6.92 Å². The summed E-state index contributed by atoms with van der Waals surface area (Å²) in [5.74, 6) is 0.610. The van der Waals surface area contributed by atoms with Gasteiger partial charge in [-0.15, -0.1) is 0 Å². The van der Waals surface area contributed by atoms with E-state index in [1.165, 1.54) is 24.5 Å². The van der Waals surface area contributed by atoms with E-state index in [1.807, 2.05) is 0 Å². The molecule has 32 heavy (non-hydrogen) atoms. The van der Waals surface area contributed by atoms with Crippen molar-refractivity contribution in [2.24, 2.45) is 0 Å². The molecule has 0 saturated carbocycles. The van der Waals surface area contributed by atoms with Crippen LogP contribution in [0.5, 0.6) is 11.8 Å². The second-order valence-corrected chi connectivity index (χ2v) is 7.54. The van der Waals surface area contributed by atoms with Gasteiger partial charge in [0.25, 0.3) is 0 Å². The van der Waals surface area contributed by atoms with E-state index in [4.69, 9.17) is 22.1 Å². The Morgan fingerprint density at radius 3 is 2.62 bits per heavy atom. The van der Waals surface area contributed by atoms with Crippen molar-refractivity contribution in [3.8, 4) is 23.0 Å². The van der Waals surface area contributed by atoms with Crippen LogP contribution in [0.2, 0.25) is 5.02 Å². The van der Waals surface area contributed by atoms with Gasteiger partial charge in [0.15, 0.2) is 5.75 Å². The molecule has 4 N–H and O–H groups in total. The number of nitrogens with one attached hydrogen (secondary N) is 2. The van der Waals surface area contributed by atoms with E-state index in [1.54, 1.807) is 32.2 Å². The van der Waals surface area contributed by atoms with Crippen molar-refractivity contribution < 1.29 is 9.13 Å². The highest BCUT2D eigenvalue weighted by molar-refractivity contribution is 6.33. The summed E-state index contributed by atoms with van der Waals surface area (Å²) < 4.78 is 20.2. The second-order valence-electron chi connectivity index (χ2n) is 7.13. The first kappa shape index (κ1) is 20.0. The van der Waals surface area contributed by atoms with Gasteiger partial charge >= 0.3 is 6.01 Å². The monoisotopic (exact) mass is 449 g/mol. The molecule has 0 fully saturated rings. The number of nitrogens with zero attached hydrogens (tertiary/aromatic N) is 4. The smallest absolute Gasteiger partial charge is 0.324 e. The van der Waals surface area contributed by atoms with Gasteiger partial charge in [0.2, 0.25) is 0 Å². The Kier molecular flexibility index (Phi) is 4.75. The zero-order valence-corrected chi connectivity index (χ0v) is 17.8. The number of nitrogen functional groups attached to an aromatic ring is 1. The van der Waals surface area contributed by atoms with Gasteiger partial charge in [0.1, 0.15) is 17.3 Å². The predicted octanol–water partition coefficient (Wildman–Crippen LogP) is 5.09. The van der Waals surface area contributed by atoms with Crippen molar-refractivity contribution in [2.75, 3.05) is 18.1 Å². The average Bonchev–Trinajstić information content (AvgIpc) is 3.14. The van der Waals surface area contributed by atoms with Crippen molar-refractivity contribution in [1.82, 2.24) is 24.9 Å². The summed E-state index contributed by atoms with van der Waals surface area (Å²) in [6, 6.07) is 8.10. The quantitative estimate of drug-likeness (QED) is 0.327. The van der Waals surface area contributed by atoms with Crippen LogP contribution in [0.25, 0.3) is 33.2 Å². The third-order valence-electron chi connectivity index (χ3n) is 5.01. The number of rotatable bonds is 4. The number of anilines is 2. The van der Waals surface area contributed by atoms with Gasteiger partial charge in [0, 0.05) is 18.0 Å². The minimum absolute atomic E-state index is 0.0755. The fourth-order valence-corrected chi connectivity index (χ4v) is 3.64. The van der Waals surface area contributed by atoms with Crippen LogP contribution in [-0.4, -0.2) is 32.0 Å². The Balaban J connectivity index is 1.79. The van der Waals surface area contributed by atoms with E-state index in [0.29, 0.717) is 61.2 Å². The number of hydrogen-bond acceptors (Lipinski definition) is 7.